The highest BCUT2D eigenvalue weighted by Crippen LogP contribution is 2.36. The summed E-state index contributed by atoms with van der Waals surface area (Å²) in [6.45, 7) is 1.71. The van der Waals surface area contributed by atoms with Crippen molar-refractivity contribution in [2.24, 2.45) is 0 Å². The SMILES string of the molecule is Cc1nc(COc2c(Cl)cc(Cl)cc2Cl)sc1C(=O)O. The van der Waals surface area contributed by atoms with Gasteiger partial charge < -0.3 is 9.84 Å². The monoisotopic (exact) mass is 351 g/mol. The number of aromatic nitrogens is 1. The third kappa shape index (κ3) is 3.35. The molecule has 4 nitrogen and oxygen atoms in total. The van der Waals surface area contributed by atoms with E-state index < -0.39 is 5.97 Å². The van der Waals surface area contributed by atoms with Gasteiger partial charge in [0, 0.05) is 5.02 Å². The lowest BCUT2D eigenvalue weighted by Gasteiger charge is -2.08. The second-order valence-corrected chi connectivity index (χ2v) is 6.15. The average Bonchev–Trinajstić information content (AvgIpc) is 2.69. The fourth-order valence-corrected chi connectivity index (χ4v) is 3.26. The molecule has 2 rings (SSSR count). The number of hydrogen-bond donors (Lipinski definition) is 1. The average molecular weight is 353 g/mol. The van der Waals surface area contributed by atoms with Gasteiger partial charge in [0.2, 0.25) is 0 Å². The van der Waals surface area contributed by atoms with Crippen LogP contribution in [0.1, 0.15) is 20.4 Å². The highest BCUT2D eigenvalue weighted by atomic mass is 35.5. The number of benzene rings is 1. The van der Waals surface area contributed by atoms with Crippen molar-refractivity contribution in [1.82, 2.24) is 4.98 Å². The summed E-state index contributed by atoms with van der Waals surface area (Å²) in [6.07, 6.45) is 0. The molecule has 1 N–H and O–H groups in total. The molecule has 1 heterocycles. The number of aryl methyl sites for hydroxylation is 1. The molecule has 0 unspecified atom stereocenters. The van der Waals surface area contributed by atoms with Crippen molar-refractivity contribution in [2.45, 2.75) is 13.5 Å². The van der Waals surface area contributed by atoms with E-state index in [2.05, 4.69) is 4.98 Å². The molecular weight excluding hydrogens is 345 g/mol. The Morgan fingerprint density at radius 1 is 1.35 bits per heavy atom. The molecule has 0 radical (unpaired) electrons. The smallest absolute Gasteiger partial charge is 0.347 e. The Labute approximate surface area is 133 Å². The van der Waals surface area contributed by atoms with Crippen LogP contribution < -0.4 is 4.74 Å². The van der Waals surface area contributed by atoms with Crippen molar-refractivity contribution in [1.29, 1.82) is 0 Å². The van der Waals surface area contributed by atoms with Crippen LogP contribution in [0.3, 0.4) is 0 Å². The molecule has 0 spiro atoms. The van der Waals surface area contributed by atoms with Gasteiger partial charge >= 0.3 is 5.97 Å². The van der Waals surface area contributed by atoms with Crippen LogP contribution in [0.2, 0.25) is 15.1 Å². The largest absolute Gasteiger partial charge is 0.483 e. The lowest BCUT2D eigenvalue weighted by molar-refractivity contribution is 0.0701. The first-order valence-electron chi connectivity index (χ1n) is 5.35. The maximum Gasteiger partial charge on any atom is 0.347 e. The maximum atomic E-state index is 10.9. The Hall–Kier alpha value is -1.01. The molecule has 0 aliphatic heterocycles. The highest BCUT2D eigenvalue weighted by molar-refractivity contribution is 7.13. The summed E-state index contributed by atoms with van der Waals surface area (Å²) in [6, 6.07) is 3.03. The molecule has 20 heavy (non-hydrogen) atoms. The molecule has 0 aliphatic rings. The van der Waals surface area contributed by atoms with E-state index in [1.54, 1.807) is 6.92 Å². The Morgan fingerprint density at radius 2 is 1.95 bits per heavy atom. The van der Waals surface area contributed by atoms with E-state index >= 15 is 0 Å². The van der Waals surface area contributed by atoms with Gasteiger partial charge in [0.1, 0.15) is 16.5 Å². The molecule has 1 aromatic heterocycles. The van der Waals surface area contributed by atoms with Gasteiger partial charge in [-0.25, -0.2) is 9.78 Å². The van der Waals surface area contributed by atoms with Crippen LogP contribution in [0.5, 0.6) is 5.75 Å². The Kier molecular flexibility index (Phi) is 4.75. The number of carboxylic acid groups (broad SMARTS) is 1. The van der Waals surface area contributed by atoms with Crippen LogP contribution in [-0.4, -0.2) is 16.1 Å². The molecule has 1 aromatic carbocycles. The molecule has 0 aliphatic carbocycles. The van der Waals surface area contributed by atoms with Gasteiger partial charge in [0.15, 0.2) is 5.75 Å². The van der Waals surface area contributed by atoms with Crippen molar-refractivity contribution in [3.8, 4) is 5.75 Å². The summed E-state index contributed by atoms with van der Waals surface area (Å²) in [5.41, 5.74) is 0.453. The van der Waals surface area contributed by atoms with Crippen molar-refractivity contribution >= 4 is 52.1 Å². The van der Waals surface area contributed by atoms with Gasteiger partial charge in [0.05, 0.1) is 15.7 Å². The molecule has 106 valence electrons. The molecule has 8 heteroatoms. The van der Waals surface area contributed by atoms with E-state index in [9.17, 15) is 4.79 Å². The topological polar surface area (TPSA) is 59.4 Å². The molecule has 0 saturated heterocycles. The number of ether oxygens (including phenoxy) is 1. The standard InChI is InChI=1S/C12H8Cl3NO3S/c1-5-11(12(17)18)20-9(16-5)4-19-10-7(14)2-6(13)3-8(10)15/h2-3H,4H2,1H3,(H,17,18). The minimum Gasteiger partial charge on any atom is -0.483 e. The quantitative estimate of drug-likeness (QED) is 0.867. The van der Waals surface area contributed by atoms with E-state index in [0.717, 1.165) is 11.3 Å². The van der Waals surface area contributed by atoms with Crippen LogP contribution >= 0.6 is 46.1 Å². The van der Waals surface area contributed by atoms with Crippen LogP contribution in [-0.2, 0) is 6.61 Å². The number of carbonyl (C=O) groups is 1. The van der Waals surface area contributed by atoms with Crippen molar-refractivity contribution in [3.05, 3.63) is 42.8 Å². The first-order valence-corrected chi connectivity index (χ1v) is 7.30. The van der Waals surface area contributed by atoms with Crippen LogP contribution in [0.15, 0.2) is 12.1 Å². The molecule has 0 atom stereocenters. The summed E-state index contributed by atoms with van der Waals surface area (Å²) >= 11 is 18.8. The number of carboxylic acids is 1. The third-order valence-corrected chi connectivity index (χ3v) is 4.24. The van der Waals surface area contributed by atoms with Crippen LogP contribution in [0.4, 0.5) is 0 Å². The molecule has 0 saturated carbocycles. The normalized spacial score (nSPS) is 10.6. The van der Waals surface area contributed by atoms with Gasteiger partial charge in [-0.2, -0.15) is 0 Å². The summed E-state index contributed by atoms with van der Waals surface area (Å²) < 4.78 is 5.49. The zero-order chi connectivity index (χ0) is 14.9. The predicted octanol–water partition coefficient (Wildman–Crippen LogP) is 4.69. The predicted molar refractivity (Wildman–Crippen MR) is 79.6 cm³/mol. The Morgan fingerprint density at radius 3 is 2.45 bits per heavy atom. The van der Waals surface area contributed by atoms with Crippen molar-refractivity contribution in [3.63, 3.8) is 0 Å². The zero-order valence-corrected chi connectivity index (χ0v) is 13.2. The zero-order valence-electron chi connectivity index (χ0n) is 10.1. The summed E-state index contributed by atoms with van der Waals surface area (Å²) in [7, 11) is 0. The number of nitrogens with zero attached hydrogens (tertiary/aromatic N) is 1. The Balaban J connectivity index is 2.17. The Bertz CT molecular complexity index is 649. The third-order valence-electron chi connectivity index (χ3n) is 2.34. The number of thiazole rings is 1. The van der Waals surface area contributed by atoms with E-state index in [1.807, 2.05) is 0 Å². The van der Waals surface area contributed by atoms with Crippen LogP contribution in [0.25, 0.3) is 0 Å². The molecule has 0 amide bonds. The minimum atomic E-state index is -1.01. The van der Waals surface area contributed by atoms with Crippen LogP contribution in [0, 0.1) is 6.92 Å². The van der Waals surface area contributed by atoms with Gasteiger partial charge in [0.25, 0.3) is 0 Å². The number of rotatable bonds is 4. The maximum absolute atomic E-state index is 10.9. The summed E-state index contributed by atoms with van der Waals surface area (Å²) in [5.74, 6) is -0.712. The summed E-state index contributed by atoms with van der Waals surface area (Å²) in [5, 5.41) is 10.5. The first-order chi connectivity index (χ1) is 9.38. The molecule has 0 fully saturated rings. The van der Waals surface area contributed by atoms with Gasteiger partial charge in [-0.05, 0) is 19.1 Å². The number of halogens is 3. The van der Waals surface area contributed by atoms with E-state index in [0.29, 0.717) is 21.5 Å². The molecule has 0 bridgehead atoms. The first kappa shape index (κ1) is 15.4. The van der Waals surface area contributed by atoms with E-state index in [4.69, 9.17) is 44.6 Å². The van der Waals surface area contributed by atoms with Gasteiger partial charge in [-0.15, -0.1) is 11.3 Å². The fourth-order valence-electron chi connectivity index (χ4n) is 1.51. The van der Waals surface area contributed by atoms with Crippen molar-refractivity contribution in [2.75, 3.05) is 0 Å². The second kappa shape index (κ2) is 6.18. The molecular formula is C12H8Cl3NO3S. The summed E-state index contributed by atoms with van der Waals surface area (Å²) in [4.78, 5) is 15.2. The number of aromatic carboxylic acids is 1. The second-order valence-electron chi connectivity index (χ2n) is 3.81. The van der Waals surface area contributed by atoms with E-state index in [1.165, 1.54) is 12.1 Å². The van der Waals surface area contributed by atoms with Gasteiger partial charge in [-0.3, -0.25) is 0 Å². The lowest BCUT2D eigenvalue weighted by Crippen LogP contribution is -1.96. The van der Waals surface area contributed by atoms with Crippen molar-refractivity contribution < 1.29 is 14.6 Å². The lowest BCUT2D eigenvalue weighted by atomic mass is 10.3. The minimum absolute atomic E-state index is 0.0832. The number of hydrogen-bond acceptors (Lipinski definition) is 4. The van der Waals surface area contributed by atoms with E-state index in [-0.39, 0.29) is 21.5 Å². The highest BCUT2D eigenvalue weighted by Gasteiger charge is 2.15. The molecule has 2 aromatic rings. The fraction of sp³-hybridized carbons (Fsp3) is 0.167. The van der Waals surface area contributed by atoms with Gasteiger partial charge in [-0.1, -0.05) is 34.8 Å².